The largest absolute Gasteiger partial charge is 0.383 e. The number of nitrogens with zero attached hydrogens (tertiary/aromatic N) is 2. The van der Waals surface area contributed by atoms with Crippen LogP contribution in [0.2, 0.25) is 0 Å². The summed E-state index contributed by atoms with van der Waals surface area (Å²) in [4.78, 5) is 7.09. The van der Waals surface area contributed by atoms with Crippen LogP contribution in [0, 0.1) is 0 Å². The Labute approximate surface area is 111 Å². The first kappa shape index (κ1) is 15.2. The van der Waals surface area contributed by atoms with E-state index >= 15 is 0 Å². The molecule has 1 aliphatic heterocycles. The van der Waals surface area contributed by atoms with Gasteiger partial charge in [0.15, 0.2) is 5.96 Å². The van der Waals surface area contributed by atoms with Crippen LogP contribution in [0.15, 0.2) is 4.99 Å². The lowest BCUT2D eigenvalue weighted by Gasteiger charge is -2.14. The molecule has 0 radical (unpaired) electrons. The standard InChI is InChI=1S/C13H28N4O/c1-3-14-13(16-8-12-18-2)15-7-6-11-17-9-4-5-10-17/h3-12H2,1-2H3,(H2,14,15,16). The number of hydrogen-bond donors (Lipinski definition) is 2. The topological polar surface area (TPSA) is 48.9 Å². The van der Waals surface area contributed by atoms with E-state index in [1.165, 1.54) is 32.5 Å². The van der Waals surface area contributed by atoms with Crippen LogP contribution in [0.4, 0.5) is 0 Å². The Morgan fingerprint density at radius 2 is 2.06 bits per heavy atom. The van der Waals surface area contributed by atoms with Gasteiger partial charge in [-0.15, -0.1) is 0 Å². The summed E-state index contributed by atoms with van der Waals surface area (Å²) in [5, 5.41) is 6.49. The zero-order valence-electron chi connectivity index (χ0n) is 11.9. The molecule has 1 saturated heterocycles. The molecule has 0 atom stereocenters. The molecule has 0 aromatic rings. The van der Waals surface area contributed by atoms with Gasteiger partial charge in [-0.2, -0.15) is 0 Å². The third-order valence-electron chi connectivity index (χ3n) is 3.04. The summed E-state index contributed by atoms with van der Waals surface area (Å²) in [6, 6.07) is 0. The number of guanidine groups is 1. The summed E-state index contributed by atoms with van der Waals surface area (Å²) in [6.45, 7) is 9.10. The molecule has 106 valence electrons. The number of ether oxygens (including phenoxy) is 1. The normalized spacial score (nSPS) is 17.1. The lowest BCUT2D eigenvalue weighted by Crippen LogP contribution is -2.39. The Kier molecular flexibility index (Phi) is 8.59. The van der Waals surface area contributed by atoms with Crippen molar-refractivity contribution in [3.8, 4) is 0 Å². The molecule has 0 aliphatic carbocycles. The Balaban J connectivity index is 2.13. The van der Waals surface area contributed by atoms with E-state index in [0.29, 0.717) is 6.61 Å². The summed E-state index contributed by atoms with van der Waals surface area (Å²) in [5.74, 6) is 0.899. The monoisotopic (exact) mass is 256 g/mol. The third-order valence-corrected chi connectivity index (χ3v) is 3.04. The smallest absolute Gasteiger partial charge is 0.191 e. The maximum atomic E-state index is 5.01. The van der Waals surface area contributed by atoms with Gasteiger partial charge in [-0.05, 0) is 45.8 Å². The number of rotatable bonds is 8. The number of methoxy groups -OCH3 is 1. The average molecular weight is 256 g/mol. The fraction of sp³-hybridized carbons (Fsp3) is 0.923. The molecule has 0 unspecified atom stereocenters. The summed E-state index contributed by atoms with van der Waals surface area (Å²) in [7, 11) is 1.71. The molecule has 2 N–H and O–H groups in total. The van der Waals surface area contributed by atoms with Gasteiger partial charge in [0, 0.05) is 26.7 Å². The van der Waals surface area contributed by atoms with E-state index in [1.54, 1.807) is 7.11 Å². The predicted molar refractivity (Wildman–Crippen MR) is 76.1 cm³/mol. The van der Waals surface area contributed by atoms with Gasteiger partial charge in [0.25, 0.3) is 0 Å². The van der Waals surface area contributed by atoms with Gasteiger partial charge in [-0.3, -0.25) is 4.99 Å². The average Bonchev–Trinajstić information content (AvgIpc) is 2.88. The Morgan fingerprint density at radius 3 is 2.72 bits per heavy atom. The third kappa shape index (κ3) is 6.81. The molecule has 1 rings (SSSR count). The minimum atomic E-state index is 0.707. The highest BCUT2D eigenvalue weighted by Crippen LogP contribution is 2.07. The molecule has 0 bridgehead atoms. The predicted octanol–water partition coefficient (Wildman–Crippen LogP) is 0.674. The highest BCUT2D eigenvalue weighted by molar-refractivity contribution is 5.79. The lowest BCUT2D eigenvalue weighted by molar-refractivity contribution is 0.203. The molecule has 0 saturated carbocycles. The van der Waals surface area contributed by atoms with Crippen LogP contribution in [0.1, 0.15) is 26.2 Å². The minimum absolute atomic E-state index is 0.707. The van der Waals surface area contributed by atoms with Crippen LogP contribution >= 0.6 is 0 Å². The summed E-state index contributed by atoms with van der Waals surface area (Å²) >= 11 is 0. The molecule has 0 aromatic heterocycles. The van der Waals surface area contributed by atoms with Gasteiger partial charge >= 0.3 is 0 Å². The Bertz CT molecular complexity index is 227. The molecule has 1 aliphatic rings. The van der Waals surface area contributed by atoms with E-state index < -0.39 is 0 Å². The van der Waals surface area contributed by atoms with Crippen LogP contribution in [-0.2, 0) is 4.74 Å². The van der Waals surface area contributed by atoms with Crippen molar-refractivity contribution in [3.63, 3.8) is 0 Å². The van der Waals surface area contributed by atoms with E-state index in [4.69, 9.17) is 4.74 Å². The molecule has 1 fully saturated rings. The van der Waals surface area contributed by atoms with Gasteiger partial charge in [-0.25, -0.2) is 0 Å². The van der Waals surface area contributed by atoms with Gasteiger partial charge in [-0.1, -0.05) is 0 Å². The quantitative estimate of drug-likeness (QED) is 0.381. The van der Waals surface area contributed by atoms with Crippen molar-refractivity contribution < 1.29 is 4.74 Å². The minimum Gasteiger partial charge on any atom is -0.383 e. The SMILES string of the molecule is CCNC(=NCCCN1CCCC1)NCCOC. The second-order valence-electron chi connectivity index (χ2n) is 4.58. The van der Waals surface area contributed by atoms with Crippen molar-refractivity contribution in [2.45, 2.75) is 26.2 Å². The fourth-order valence-corrected chi connectivity index (χ4v) is 2.10. The molecule has 0 aromatic carbocycles. The van der Waals surface area contributed by atoms with E-state index in [0.717, 1.165) is 32.0 Å². The van der Waals surface area contributed by atoms with Crippen LogP contribution in [0.25, 0.3) is 0 Å². The molecule has 1 heterocycles. The molecule has 0 amide bonds. The van der Waals surface area contributed by atoms with Crippen LogP contribution in [0.5, 0.6) is 0 Å². The Hall–Kier alpha value is -0.810. The first-order valence-electron chi connectivity index (χ1n) is 7.10. The van der Waals surface area contributed by atoms with Crippen LogP contribution in [0.3, 0.4) is 0 Å². The van der Waals surface area contributed by atoms with Crippen molar-refractivity contribution in [2.75, 3.05) is 53.0 Å². The molecule has 5 heteroatoms. The van der Waals surface area contributed by atoms with E-state index in [9.17, 15) is 0 Å². The van der Waals surface area contributed by atoms with Crippen molar-refractivity contribution in [2.24, 2.45) is 4.99 Å². The number of likely N-dealkylation sites (tertiary alicyclic amines) is 1. The van der Waals surface area contributed by atoms with E-state index in [-0.39, 0.29) is 0 Å². The molecule has 5 nitrogen and oxygen atoms in total. The first-order valence-corrected chi connectivity index (χ1v) is 7.10. The van der Waals surface area contributed by atoms with Gasteiger partial charge in [0.05, 0.1) is 6.61 Å². The van der Waals surface area contributed by atoms with Crippen molar-refractivity contribution >= 4 is 5.96 Å². The molecule has 18 heavy (non-hydrogen) atoms. The number of aliphatic imine (C=N–C) groups is 1. The van der Waals surface area contributed by atoms with Crippen molar-refractivity contribution in [3.05, 3.63) is 0 Å². The number of hydrogen-bond acceptors (Lipinski definition) is 3. The summed E-state index contributed by atoms with van der Waals surface area (Å²) in [6.07, 6.45) is 3.87. The zero-order chi connectivity index (χ0) is 13.1. The van der Waals surface area contributed by atoms with Crippen LogP contribution < -0.4 is 10.6 Å². The number of nitrogens with one attached hydrogen (secondary N) is 2. The Morgan fingerprint density at radius 1 is 1.28 bits per heavy atom. The molecular formula is C13H28N4O. The maximum absolute atomic E-state index is 5.01. The van der Waals surface area contributed by atoms with Gasteiger partial charge < -0.3 is 20.3 Å². The summed E-state index contributed by atoms with van der Waals surface area (Å²) in [5.41, 5.74) is 0. The molecular weight excluding hydrogens is 228 g/mol. The van der Waals surface area contributed by atoms with Crippen molar-refractivity contribution in [1.29, 1.82) is 0 Å². The summed E-state index contributed by atoms with van der Waals surface area (Å²) < 4.78 is 5.01. The van der Waals surface area contributed by atoms with Gasteiger partial charge in [0.1, 0.15) is 0 Å². The van der Waals surface area contributed by atoms with Gasteiger partial charge in [0.2, 0.25) is 0 Å². The van der Waals surface area contributed by atoms with Crippen LogP contribution in [-0.4, -0.2) is 63.8 Å². The van der Waals surface area contributed by atoms with E-state index in [2.05, 4.69) is 27.4 Å². The van der Waals surface area contributed by atoms with E-state index in [1.807, 2.05) is 0 Å². The van der Waals surface area contributed by atoms with Crippen molar-refractivity contribution in [1.82, 2.24) is 15.5 Å². The first-order chi connectivity index (χ1) is 8.86. The highest BCUT2D eigenvalue weighted by atomic mass is 16.5. The lowest BCUT2D eigenvalue weighted by atomic mass is 10.4. The second-order valence-corrected chi connectivity index (χ2v) is 4.58. The highest BCUT2D eigenvalue weighted by Gasteiger charge is 2.09. The maximum Gasteiger partial charge on any atom is 0.191 e. The fourth-order valence-electron chi connectivity index (χ4n) is 2.10. The zero-order valence-corrected chi connectivity index (χ0v) is 11.9. The second kappa shape index (κ2) is 10.1. The molecule has 0 spiro atoms.